The standard InChI is InChI=1S/C13H15NO3/c1-16-7-6-13(15)14-9-11-8-10-4-2-3-5-12(10)17-11/h2-5,8H,6-7,9H2,1H3,(H,14,15). The second kappa shape index (κ2) is 5.50. The SMILES string of the molecule is COCCC(=O)NCc1cc2ccccc2o1. The highest BCUT2D eigenvalue weighted by Crippen LogP contribution is 2.18. The number of hydrogen-bond acceptors (Lipinski definition) is 3. The van der Waals surface area contributed by atoms with E-state index < -0.39 is 0 Å². The summed E-state index contributed by atoms with van der Waals surface area (Å²) in [5, 5.41) is 3.83. The lowest BCUT2D eigenvalue weighted by atomic mass is 10.2. The largest absolute Gasteiger partial charge is 0.459 e. The first-order chi connectivity index (χ1) is 8.29. The fourth-order valence-corrected chi connectivity index (χ4v) is 1.59. The van der Waals surface area contributed by atoms with E-state index in [9.17, 15) is 4.79 Å². The van der Waals surface area contributed by atoms with Gasteiger partial charge >= 0.3 is 0 Å². The van der Waals surface area contributed by atoms with Gasteiger partial charge in [-0.05, 0) is 12.1 Å². The maximum atomic E-state index is 11.4. The number of benzene rings is 1. The highest BCUT2D eigenvalue weighted by atomic mass is 16.5. The molecule has 0 unspecified atom stereocenters. The monoisotopic (exact) mass is 233 g/mol. The van der Waals surface area contributed by atoms with Gasteiger partial charge in [0.05, 0.1) is 13.2 Å². The second-order valence-electron chi connectivity index (χ2n) is 3.77. The van der Waals surface area contributed by atoms with Crippen LogP contribution in [0.5, 0.6) is 0 Å². The first kappa shape index (κ1) is 11.7. The predicted octanol–water partition coefficient (Wildman–Crippen LogP) is 2.09. The van der Waals surface area contributed by atoms with E-state index in [4.69, 9.17) is 9.15 Å². The van der Waals surface area contributed by atoms with Gasteiger partial charge in [-0.3, -0.25) is 4.79 Å². The van der Waals surface area contributed by atoms with Crippen LogP contribution in [0.25, 0.3) is 11.0 Å². The van der Waals surface area contributed by atoms with Crippen LogP contribution in [-0.2, 0) is 16.1 Å². The number of carbonyl (C=O) groups excluding carboxylic acids is 1. The topological polar surface area (TPSA) is 51.5 Å². The third-order valence-corrected chi connectivity index (χ3v) is 2.47. The van der Waals surface area contributed by atoms with E-state index in [-0.39, 0.29) is 5.91 Å². The van der Waals surface area contributed by atoms with Gasteiger partial charge in [0, 0.05) is 18.9 Å². The molecule has 1 heterocycles. The summed E-state index contributed by atoms with van der Waals surface area (Å²) >= 11 is 0. The average molecular weight is 233 g/mol. The smallest absolute Gasteiger partial charge is 0.222 e. The normalized spacial score (nSPS) is 10.6. The summed E-state index contributed by atoms with van der Waals surface area (Å²) < 4.78 is 10.4. The second-order valence-corrected chi connectivity index (χ2v) is 3.77. The number of hydrogen-bond donors (Lipinski definition) is 1. The van der Waals surface area contributed by atoms with Crippen molar-refractivity contribution in [2.24, 2.45) is 0 Å². The molecular formula is C13H15NO3. The first-order valence-electron chi connectivity index (χ1n) is 5.52. The number of rotatable bonds is 5. The maximum absolute atomic E-state index is 11.4. The minimum absolute atomic E-state index is 0.0349. The molecule has 17 heavy (non-hydrogen) atoms. The van der Waals surface area contributed by atoms with E-state index in [1.165, 1.54) is 0 Å². The molecule has 0 saturated heterocycles. The number of para-hydroxylation sites is 1. The lowest BCUT2D eigenvalue weighted by molar-refractivity contribution is -0.122. The Bertz CT molecular complexity index is 471. The summed E-state index contributed by atoms with van der Waals surface area (Å²) in [7, 11) is 1.58. The van der Waals surface area contributed by atoms with Gasteiger partial charge in [-0.25, -0.2) is 0 Å². The summed E-state index contributed by atoms with van der Waals surface area (Å²) in [6, 6.07) is 9.71. The van der Waals surface area contributed by atoms with Gasteiger partial charge in [-0.1, -0.05) is 18.2 Å². The summed E-state index contributed by atoms with van der Waals surface area (Å²) in [6.07, 6.45) is 0.372. The Kier molecular flexibility index (Phi) is 3.77. The number of amides is 1. The molecule has 4 nitrogen and oxygen atoms in total. The summed E-state index contributed by atoms with van der Waals surface area (Å²) in [4.78, 5) is 11.4. The van der Waals surface area contributed by atoms with Crippen LogP contribution in [0.2, 0.25) is 0 Å². The van der Waals surface area contributed by atoms with Crippen molar-refractivity contribution >= 4 is 16.9 Å². The van der Waals surface area contributed by atoms with Gasteiger partial charge in [0.15, 0.2) is 0 Å². The van der Waals surface area contributed by atoms with E-state index in [1.807, 2.05) is 30.3 Å². The van der Waals surface area contributed by atoms with Gasteiger partial charge in [-0.15, -0.1) is 0 Å². The van der Waals surface area contributed by atoms with Crippen LogP contribution in [0.15, 0.2) is 34.7 Å². The van der Waals surface area contributed by atoms with E-state index in [0.29, 0.717) is 19.6 Å². The number of methoxy groups -OCH3 is 1. The number of nitrogens with one attached hydrogen (secondary N) is 1. The maximum Gasteiger partial charge on any atom is 0.222 e. The molecule has 1 N–H and O–H groups in total. The summed E-state index contributed by atoms with van der Waals surface area (Å²) in [5.41, 5.74) is 0.841. The van der Waals surface area contributed by atoms with E-state index in [0.717, 1.165) is 16.7 Å². The molecule has 2 aromatic rings. The highest BCUT2D eigenvalue weighted by molar-refractivity contribution is 5.78. The molecule has 4 heteroatoms. The van der Waals surface area contributed by atoms with Crippen LogP contribution in [0.4, 0.5) is 0 Å². The van der Waals surface area contributed by atoms with Crippen molar-refractivity contribution in [2.45, 2.75) is 13.0 Å². The van der Waals surface area contributed by atoms with Crippen molar-refractivity contribution in [3.8, 4) is 0 Å². The molecule has 0 fully saturated rings. The molecule has 0 aliphatic heterocycles. The third-order valence-electron chi connectivity index (χ3n) is 2.47. The Hall–Kier alpha value is -1.81. The van der Waals surface area contributed by atoms with E-state index in [2.05, 4.69) is 5.32 Å². The molecule has 1 amide bonds. The lowest BCUT2D eigenvalue weighted by Gasteiger charge is -2.01. The van der Waals surface area contributed by atoms with Gasteiger partial charge in [0.1, 0.15) is 11.3 Å². The molecule has 0 bridgehead atoms. The number of furan rings is 1. The van der Waals surface area contributed by atoms with Crippen molar-refractivity contribution in [3.05, 3.63) is 36.1 Å². The molecule has 0 atom stereocenters. The molecule has 0 spiro atoms. The molecule has 1 aromatic carbocycles. The number of ether oxygens (including phenoxy) is 1. The average Bonchev–Trinajstić information content (AvgIpc) is 2.76. The van der Waals surface area contributed by atoms with Crippen LogP contribution in [0, 0.1) is 0 Å². The van der Waals surface area contributed by atoms with Crippen molar-refractivity contribution < 1.29 is 13.9 Å². The van der Waals surface area contributed by atoms with Crippen LogP contribution in [0.3, 0.4) is 0 Å². The fourth-order valence-electron chi connectivity index (χ4n) is 1.59. The van der Waals surface area contributed by atoms with Crippen molar-refractivity contribution in [1.29, 1.82) is 0 Å². The molecule has 0 aliphatic rings. The zero-order valence-electron chi connectivity index (χ0n) is 9.73. The Balaban J connectivity index is 1.92. The third kappa shape index (κ3) is 3.07. The number of fused-ring (bicyclic) bond motifs is 1. The van der Waals surface area contributed by atoms with Crippen molar-refractivity contribution in [1.82, 2.24) is 5.32 Å². The predicted molar refractivity (Wildman–Crippen MR) is 64.6 cm³/mol. The quantitative estimate of drug-likeness (QED) is 0.860. The van der Waals surface area contributed by atoms with E-state index in [1.54, 1.807) is 7.11 Å². The zero-order valence-corrected chi connectivity index (χ0v) is 9.73. The van der Waals surface area contributed by atoms with Crippen molar-refractivity contribution in [3.63, 3.8) is 0 Å². The Morgan fingerprint density at radius 1 is 1.41 bits per heavy atom. The van der Waals surface area contributed by atoms with E-state index >= 15 is 0 Å². The van der Waals surface area contributed by atoms with Gasteiger partial charge in [0.2, 0.25) is 5.91 Å². The molecule has 0 saturated carbocycles. The molecule has 2 rings (SSSR count). The molecular weight excluding hydrogens is 218 g/mol. The minimum atomic E-state index is -0.0349. The molecule has 0 radical (unpaired) electrons. The summed E-state index contributed by atoms with van der Waals surface area (Å²) in [6.45, 7) is 0.850. The van der Waals surface area contributed by atoms with Gasteiger partial charge < -0.3 is 14.5 Å². The van der Waals surface area contributed by atoms with Crippen LogP contribution >= 0.6 is 0 Å². The minimum Gasteiger partial charge on any atom is -0.459 e. The zero-order chi connectivity index (χ0) is 12.1. The van der Waals surface area contributed by atoms with Crippen LogP contribution in [-0.4, -0.2) is 19.6 Å². The highest BCUT2D eigenvalue weighted by Gasteiger charge is 2.05. The molecule has 1 aromatic heterocycles. The first-order valence-corrected chi connectivity index (χ1v) is 5.52. The lowest BCUT2D eigenvalue weighted by Crippen LogP contribution is -2.23. The number of carbonyl (C=O) groups is 1. The van der Waals surface area contributed by atoms with Crippen molar-refractivity contribution in [2.75, 3.05) is 13.7 Å². The Morgan fingerprint density at radius 2 is 2.24 bits per heavy atom. The van der Waals surface area contributed by atoms with Crippen LogP contribution < -0.4 is 5.32 Å². The Labute approximate surface area is 99.6 Å². The Morgan fingerprint density at radius 3 is 3.00 bits per heavy atom. The summed E-state index contributed by atoms with van der Waals surface area (Å²) in [5.74, 6) is 0.726. The van der Waals surface area contributed by atoms with Gasteiger partial charge in [0.25, 0.3) is 0 Å². The molecule has 90 valence electrons. The fraction of sp³-hybridized carbons (Fsp3) is 0.308. The van der Waals surface area contributed by atoms with Crippen LogP contribution in [0.1, 0.15) is 12.2 Å². The van der Waals surface area contributed by atoms with Gasteiger partial charge in [-0.2, -0.15) is 0 Å². The molecule has 0 aliphatic carbocycles.